The highest BCUT2D eigenvalue weighted by Crippen LogP contribution is 2.38. The van der Waals surface area contributed by atoms with Gasteiger partial charge in [-0.3, -0.25) is 14.7 Å². The summed E-state index contributed by atoms with van der Waals surface area (Å²) in [6.45, 7) is 0.814. The number of rotatable bonds is 4. The van der Waals surface area contributed by atoms with E-state index in [1.807, 2.05) is 0 Å². The molecule has 4 rings (SSSR count). The van der Waals surface area contributed by atoms with Gasteiger partial charge in [0.2, 0.25) is 5.89 Å². The summed E-state index contributed by atoms with van der Waals surface area (Å²) in [5.74, 6) is 0.254. The topological polar surface area (TPSA) is 103 Å². The number of nitrogens with one attached hydrogen (secondary N) is 1. The maximum Gasteiger partial charge on any atom is 0.265 e. The molecule has 0 saturated carbocycles. The molecular weight excluding hydrogens is 343 g/mol. The number of H-pyrrole nitrogens is 1. The first-order valence-corrected chi connectivity index (χ1v) is 8.04. The van der Waals surface area contributed by atoms with Gasteiger partial charge in [0.05, 0.1) is 12.0 Å². The zero-order chi connectivity index (χ0) is 18.1. The number of aromatic amines is 1. The quantitative estimate of drug-likeness (QED) is 0.740. The summed E-state index contributed by atoms with van der Waals surface area (Å²) >= 11 is 0. The van der Waals surface area contributed by atoms with Crippen molar-refractivity contribution in [1.82, 2.24) is 19.9 Å². The molecule has 3 heterocycles. The Labute approximate surface area is 146 Å². The number of aromatic nitrogens is 4. The second-order valence-electron chi connectivity index (χ2n) is 6.14. The van der Waals surface area contributed by atoms with Crippen LogP contribution in [0.15, 0.2) is 50.5 Å². The molecule has 0 radical (unpaired) electrons. The number of hydrogen-bond acceptors (Lipinski definition) is 6. The third-order valence-electron chi connectivity index (χ3n) is 4.50. The van der Waals surface area contributed by atoms with Crippen LogP contribution in [0, 0.1) is 5.82 Å². The first-order chi connectivity index (χ1) is 12.6. The second-order valence-corrected chi connectivity index (χ2v) is 6.14. The normalized spacial score (nSPS) is 19.7. The first-order valence-electron chi connectivity index (χ1n) is 8.04. The van der Waals surface area contributed by atoms with Gasteiger partial charge in [0.1, 0.15) is 12.4 Å². The Morgan fingerprint density at radius 2 is 2.00 bits per heavy atom. The van der Waals surface area contributed by atoms with E-state index >= 15 is 0 Å². The van der Waals surface area contributed by atoms with E-state index in [9.17, 15) is 14.0 Å². The number of ether oxygens (including phenoxy) is 1. The van der Waals surface area contributed by atoms with Crippen LogP contribution in [0.2, 0.25) is 0 Å². The van der Waals surface area contributed by atoms with Gasteiger partial charge >= 0.3 is 0 Å². The van der Waals surface area contributed by atoms with E-state index in [1.54, 1.807) is 12.1 Å². The Morgan fingerprint density at radius 1 is 1.19 bits per heavy atom. The Hall–Kier alpha value is -3.07. The lowest BCUT2D eigenvalue weighted by Gasteiger charge is -2.23. The molecule has 1 N–H and O–H groups in total. The van der Waals surface area contributed by atoms with Gasteiger partial charge in [-0.2, -0.15) is 4.98 Å². The standard InChI is InChI=1S/C17H15FN4O4/c18-12-3-1-11(2-4-12)17(7-8-25-10-17)16-19-14(26-21-16)9-22-15(24)6-5-13(23)20-22/h1-6H,7-10H2,(H,20,23). The molecule has 1 fully saturated rings. The highest BCUT2D eigenvalue weighted by Gasteiger charge is 2.42. The Morgan fingerprint density at radius 3 is 2.73 bits per heavy atom. The highest BCUT2D eigenvalue weighted by molar-refractivity contribution is 5.34. The third-order valence-corrected chi connectivity index (χ3v) is 4.50. The lowest BCUT2D eigenvalue weighted by atomic mass is 9.79. The zero-order valence-electron chi connectivity index (χ0n) is 13.6. The minimum Gasteiger partial charge on any atom is -0.380 e. The smallest absolute Gasteiger partial charge is 0.265 e. The van der Waals surface area contributed by atoms with E-state index in [0.29, 0.717) is 25.5 Å². The van der Waals surface area contributed by atoms with Gasteiger partial charge < -0.3 is 9.26 Å². The van der Waals surface area contributed by atoms with E-state index in [2.05, 4.69) is 15.2 Å². The lowest BCUT2D eigenvalue weighted by molar-refractivity contribution is 0.182. The van der Waals surface area contributed by atoms with Crippen molar-refractivity contribution in [2.45, 2.75) is 18.4 Å². The van der Waals surface area contributed by atoms with Crippen molar-refractivity contribution in [3.05, 3.63) is 80.2 Å². The summed E-state index contributed by atoms with van der Waals surface area (Å²) < 4.78 is 25.2. The Balaban J connectivity index is 1.69. The van der Waals surface area contributed by atoms with Gasteiger partial charge in [0.25, 0.3) is 11.1 Å². The highest BCUT2D eigenvalue weighted by atomic mass is 19.1. The summed E-state index contributed by atoms with van der Waals surface area (Å²) in [6.07, 6.45) is 0.625. The summed E-state index contributed by atoms with van der Waals surface area (Å²) in [6, 6.07) is 8.44. The number of hydrogen-bond donors (Lipinski definition) is 1. The van der Waals surface area contributed by atoms with Crippen molar-refractivity contribution < 1.29 is 13.7 Å². The molecule has 8 nitrogen and oxygen atoms in total. The van der Waals surface area contributed by atoms with Crippen molar-refractivity contribution in [3.8, 4) is 0 Å². The van der Waals surface area contributed by atoms with Crippen molar-refractivity contribution in [2.24, 2.45) is 0 Å². The van der Waals surface area contributed by atoms with E-state index in [1.165, 1.54) is 18.2 Å². The molecule has 26 heavy (non-hydrogen) atoms. The van der Waals surface area contributed by atoms with Crippen molar-refractivity contribution >= 4 is 0 Å². The monoisotopic (exact) mass is 358 g/mol. The predicted octanol–water partition coefficient (Wildman–Crippen LogP) is 0.813. The fraction of sp³-hybridized carbons (Fsp3) is 0.294. The molecule has 1 aliphatic heterocycles. The van der Waals surface area contributed by atoms with Crippen LogP contribution >= 0.6 is 0 Å². The SMILES string of the molecule is O=c1ccc(=O)n(Cc2nc(C3(c4ccc(F)cc4)CCOC3)no2)[nH]1. The molecule has 0 aliphatic carbocycles. The van der Waals surface area contributed by atoms with Gasteiger partial charge in [-0.1, -0.05) is 17.3 Å². The summed E-state index contributed by atoms with van der Waals surface area (Å²) in [5, 5.41) is 6.45. The molecular formula is C17H15FN4O4. The Kier molecular flexibility index (Phi) is 4.00. The van der Waals surface area contributed by atoms with Crippen LogP contribution in [0.25, 0.3) is 0 Å². The minimum absolute atomic E-state index is 0.0533. The maximum absolute atomic E-state index is 13.3. The molecule has 1 atom stereocenters. The van der Waals surface area contributed by atoms with Crippen molar-refractivity contribution in [2.75, 3.05) is 13.2 Å². The molecule has 3 aromatic rings. The second kappa shape index (κ2) is 6.34. The van der Waals surface area contributed by atoms with Crippen LogP contribution < -0.4 is 11.1 Å². The fourth-order valence-corrected chi connectivity index (χ4v) is 3.10. The fourth-order valence-electron chi connectivity index (χ4n) is 3.10. The van der Waals surface area contributed by atoms with Crippen LogP contribution in [0.4, 0.5) is 4.39 Å². The predicted molar refractivity (Wildman–Crippen MR) is 87.3 cm³/mol. The molecule has 9 heteroatoms. The molecule has 1 aliphatic rings. The van der Waals surface area contributed by atoms with Gasteiger partial charge in [-0.15, -0.1) is 0 Å². The molecule has 1 aromatic carbocycles. The van der Waals surface area contributed by atoms with Gasteiger partial charge in [0.15, 0.2) is 5.82 Å². The average Bonchev–Trinajstić information content (AvgIpc) is 3.29. The van der Waals surface area contributed by atoms with E-state index < -0.39 is 11.0 Å². The minimum atomic E-state index is -0.634. The lowest BCUT2D eigenvalue weighted by Crippen LogP contribution is -2.30. The Bertz CT molecular complexity index is 1030. The van der Waals surface area contributed by atoms with E-state index in [-0.39, 0.29) is 23.8 Å². The largest absolute Gasteiger partial charge is 0.380 e. The van der Waals surface area contributed by atoms with Crippen LogP contribution in [-0.4, -0.2) is 33.1 Å². The third kappa shape index (κ3) is 2.86. The van der Waals surface area contributed by atoms with E-state index in [0.717, 1.165) is 16.3 Å². The summed E-state index contributed by atoms with van der Waals surface area (Å²) in [5.41, 5.74) is -0.600. The van der Waals surface area contributed by atoms with Crippen molar-refractivity contribution in [3.63, 3.8) is 0 Å². The van der Waals surface area contributed by atoms with Crippen molar-refractivity contribution in [1.29, 1.82) is 0 Å². The molecule has 0 amide bonds. The van der Waals surface area contributed by atoms with Gasteiger partial charge in [-0.25, -0.2) is 9.07 Å². The average molecular weight is 358 g/mol. The summed E-state index contributed by atoms with van der Waals surface area (Å²) in [7, 11) is 0. The van der Waals surface area contributed by atoms with Crippen LogP contribution in [-0.2, 0) is 16.7 Å². The molecule has 1 unspecified atom stereocenters. The first kappa shape index (κ1) is 16.4. The molecule has 1 saturated heterocycles. The molecule has 0 bridgehead atoms. The molecule has 134 valence electrons. The van der Waals surface area contributed by atoms with Crippen LogP contribution in [0.3, 0.4) is 0 Å². The number of nitrogens with zero attached hydrogens (tertiary/aromatic N) is 3. The number of halogens is 1. The van der Waals surface area contributed by atoms with Crippen LogP contribution in [0.1, 0.15) is 23.7 Å². The molecule has 0 spiro atoms. The molecule has 2 aromatic heterocycles. The zero-order valence-corrected chi connectivity index (χ0v) is 13.6. The van der Waals surface area contributed by atoms with E-state index in [4.69, 9.17) is 9.26 Å². The van der Waals surface area contributed by atoms with Gasteiger partial charge in [0, 0.05) is 18.7 Å². The summed E-state index contributed by atoms with van der Waals surface area (Å²) in [4.78, 5) is 27.6. The number of benzene rings is 1. The van der Waals surface area contributed by atoms with Crippen LogP contribution in [0.5, 0.6) is 0 Å². The maximum atomic E-state index is 13.3. The van der Waals surface area contributed by atoms with Gasteiger partial charge in [-0.05, 0) is 24.1 Å².